The molecule has 94 valence electrons. The molecular weight excluding hydrogens is 244 g/mol. The summed E-state index contributed by atoms with van der Waals surface area (Å²) in [6.07, 6.45) is 3.00. The lowest BCUT2D eigenvalue weighted by atomic mass is 10.2. The minimum absolute atomic E-state index is 0.175. The molecule has 6 nitrogen and oxygen atoms in total. The van der Waals surface area contributed by atoms with E-state index < -0.39 is 5.91 Å². The molecule has 0 aliphatic carbocycles. The summed E-state index contributed by atoms with van der Waals surface area (Å²) in [5.41, 5.74) is 0.618. The lowest BCUT2D eigenvalue weighted by Gasteiger charge is -2.04. The van der Waals surface area contributed by atoms with Crippen LogP contribution in [-0.4, -0.2) is 32.8 Å². The van der Waals surface area contributed by atoms with Gasteiger partial charge in [-0.1, -0.05) is 11.8 Å². The molecule has 19 heavy (non-hydrogen) atoms. The van der Waals surface area contributed by atoms with Gasteiger partial charge in [-0.05, 0) is 24.3 Å². The van der Waals surface area contributed by atoms with Gasteiger partial charge < -0.3 is 10.4 Å². The van der Waals surface area contributed by atoms with Crippen LogP contribution in [0.4, 0.5) is 5.82 Å². The van der Waals surface area contributed by atoms with Gasteiger partial charge in [-0.25, -0.2) is 4.98 Å². The van der Waals surface area contributed by atoms with E-state index in [1.165, 1.54) is 12.4 Å². The van der Waals surface area contributed by atoms with E-state index in [1.807, 2.05) is 0 Å². The Labute approximate surface area is 109 Å². The van der Waals surface area contributed by atoms with E-state index in [1.54, 1.807) is 24.3 Å². The summed E-state index contributed by atoms with van der Waals surface area (Å²) in [6, 6.07) is 6.60. The smallest absolute Gasteiger partial charge is 0.276 e. The van der Waals surface area contributed by atoms with E-state index in [0.717, 1.165) is 0 Å². The Bertz CT molecular complexity index is 632. The number of carbonyl (C=O) groups excluding carboxylic acids is 1. The fourth-order valence-corrected chi connectivity index (χ4v) is 1.37. The third kappa shape index (κ3) is 3.34. The molecule has 2 aromatic rings. The molecule has 1 amide bonds. The number of carbonyl (C=O) groups is 1. The molecule has 0 saturated carbocycles. The molecule has 2 aromatic heterocycles. The summed E-state index contributed by atoms with van der Waals surface area (Å²) in [4.78, 5) is 16.0. The van der Waals surface area contributed by atoms with Crippen molar-refractivity contribution in [3.63, 3.8) is 0 Å². The maximum atomic E-state index is 12.0. The highest BCUT2D eigenvalue weighted by Crippen LogP contribution is 2.07. The predicted molar refractivity (Wildman–Crippen MR) is 68.2 cm³/mol. The van der Waals surface area contributed by atoms with Crippen molar-refractivity contribution in [1.82, 2.24) is 15.2 Å². The summed E-state index contributed by atoms with van der Waals surface area (Å²) < 4.78 is 0. The molecule has 0 aliphatic heterocycles. The zero-order valence-corrected chi connectivity index (χ0v) is 9.87. The number of hydrogen-bond acceptors (Lipinski definition) is 5. The molecule has 0 atom stereocenters. The molecule has 0 aliphatic rings. The van der Waals surface area contributed by atoms with Gasteiger partial charge >= 0.3 is 0 Å². The number of aliphatic hydroxyl groups excluding tert-OH is 1. The first kappa shape index (κ1) is 12.7. The maximum Gasteiger partial charge on any atom is 0.276 e. The van der Waals surface area contributed by atoms with Crippen molar-refractivity contribution in [2.75, 3.05) is 11.9 Å². The van der Waals surface area contributed by atoms with Crippen LogP contribution in [0.25, 0.3) is 0 Å². The summed E-state index contributed by atoms with van der Waals surface area (Å²) in [5, 5.41) is 18.7. The van der Waals surface area contributed by atoms with Crippen LogP contribution in [-0.2, 0) is 0 Å². The van der Waals surface area contributed by atoms with Crippen LogP contribution >= 0.6 is 0 Å². The van der Waals surface area contributed by atoms with Crippen LogP contribution in [0.1, 0.15) is 16.1 Å². The zero-order valence-electron chi connectivity index (χ0n) is 9.87. The summed E-state index contributed by atoms with van der Waals surface area (Å²) in [7, 11) is 0. The maximum absolute atomic E-state index is 12.0. The van der Waals surface area contributed by atoms with Crippen LogP contribution in [0.15, 0.2) is 36.7 Å². The molecule has 2 heterocycles. The van der Waals surface area contributed by atoms with Gasteiger partial charge in [0.25, 0.3) is 5.91 Å². The monoisotopic (exact) mass is 254 g/mol. The number of nitrogens with one attached hydrogen (secondary N) is 1. The molecule has 0 unspecified atom stereocenters. The van der Waals surface area contributed by atoms with Crippen molar-refractivity contribution < 1.29 is 9.90 Å². The topological polar surface area (TPSA) is 88.0 Å². The van der Waals surface area contributed by atoms with Crippen molar-refractivity contribution in [3.05, 3.63) is 47.9 Å². The summed E-state index contributed by atoms with van der Waals surface area (Å²) >= 11 is 0. The van der Waals surface area contributed by atoms with Crippen LogP contribution in [0.2, 0.25) is 0 Å². The first-order valence-corrected chi connectivity index (χ1v) is 5.45. The lowest BCUT2D eigenvalue weighted by Crippen LogP contribution is -2.16. The van der Waals surface area contributed by atoms with Gasteiger partial charge in [-0.15, -0.1) is 5.10 Å². The van der Waals surface area contributed by atoms with Crippen LogP contribution in [0.3, 0.4) is 0 Å². The number of pyridine rings is 1. The van der Waals surface area contributed by atoms with Gasteiger partial charge in [0.2, 0.25) is 0 Å². The highest BCUT2D eigenvalue weighted by atomic mass is 16.2. The molecule has 0 aromatic carbocycles. The Kier molecular flexibility index (Phi) is 4.16. The van der Waals surface area contributed by atoms with E-state index in [9.17, 15) is 4.79 Å². The highest BCUT2D eigenvalue weighted by Gasteiger charge is 2.12. The Balaban J connectivity index is 2.24. The highest BCUT2D eigenvalue weighted by molar-refractivity contribution is 6.03. The molecule has 0 spiro atoms. The fraction of sp³-hybridized carbons (Fsp3) is 0.0769. The number of nitrogens with zero attached hydrogens (tertiary/aromatic N) is 3. The van der Waals surface area contributed by atoms with E-state index in [4.69, 9.17) is 5.11 Å². The number of anilines is 1. The first-order valence-electron chi connectivity index (χ1n) is 5.45. The predicted octanol–water partition coefficient (Wildman–Crippen LogP) is 0.468. The molecular formula is C13H10N4O2. The largest absolute Gasteiger partial charge is 0.384 e. The van der Waals surface area contributed by atoms with E-state index >= 15 is 0 Å². The van der Waals surface area contributed by atoms with E-state index in [2.05, 4.69) is 32.3 Å². The van der Waals surface area contributed by atoms with Crippen LogP contribution < -0.4 is 5.32 Å². The molecule has 6 heteroatoms. The zero-order chi connectivity index (χ0) is 13.5. The van der Waals surface area contributed by atoms with Gasteiger partial charge in [-0.2, -0.15) is 5.10 Å². The van der Waals surface area contributed by atoms with E-state index in [0.29, 0.717) is 11.4 Å². The average Bonchev–Trinajstić information content (AvgIpc) is 2.46. The van der Waals surface area contributed by atoms with Crippen molar-refractivity contribution in [3.8, 4) is 11.8 Å². The number of amides is 1. The second kappa shape index (κ2) is 6.23. The van der Waals surface area contributed by atoms with Crippen molar-refractivity contribution in [2.24, 2.45) is 0 Å². The van der Waals surface area contributed by atoms with E-state index in [-0.39, 0.29) is 12.3 Å². The van der Waals surface area contributed by atoms with Gasteiger partial charge in [0.05, 0.1) is 5.56 Å². The SMILES string of the molecule is O=C(Nc1cccnn1)c1ncccc1C#CCO. The molecule has 2 N–H and O–H groups in total. The number of hydrogen-bond donors (Lipinski definition) is 2. The normalized spacial score (nSPS) is 9.32. The first-order chi connectivity index (χ1) is 9.31. The third-order valence-electron chi connectivity index (χ3n) is 2.14. The fourth-order valence-electron chi connectivity index (χ4n) is 1.37. The second-order valence-electron chi connectivity index (χ2n) is 3.42. The minimum atomic E-state index is -0.427. The summed E-state index contributed by atoms with van der Waals surface area (Å²) in [5.74, 6) is 5.06. The summed E-state index contributed by atoms with van der Waals surface area (Å²) in [6.45, 7) is -0.278. The standard InChI is InChI=1S/C13H10N4O2/c18-9-3-5-10-4-1-7-14-12(10)13(19)16-11-6-2-8-15-17-11/h1-2,4,6-8,18H,9H2,(H,16,17,19). The van der Waals surface area contributed by atoms with Gasteiger partial charge in [0, 0.05) is 12.4 Å². The number of aliphatic hydroxyl groups is 1. The van der Waals surface area contributed by atoms with Gasteiger partial charge in [0.15, 0.2) is 5.82 Å². The average molecular weight is 254 g/mol. The molecule has 2 rings (SSSR count). The van der Waals surface area contributed by atoms with Crippen molar-refractivity contribution in [2.45, 2.75) is 0 Å². The Morgan fingerprint density at radius 1 is 1.32 bits per heavy atom. The molecule has 0 radical (unpaired) electrons. The molecule has 0 fully saturated rings. The lowest BCUT2D eigenvalue weighted by molar-refractivity contribution is 0.102. The third-order valence-corrected chi connectivity index (χ3v) is 2.14. The minimum Gasteiger partial charge on any atom is -0.384 e. The Hall–Kier alpha value is -2.78. The number of aromatic nitrogens is 3. The van der Waals surface area contributed by atoms with Gasteiger partial charge in [-0.3, -0.25) is 4.79 Å². The quantitative estimate of drug-likeness (QED) is 0.760. The Morgan fingerprint density at radius 2 is 2.16 bits per heavy atom. The van der Waals surface area contributed by atoms with Crippen LogP contribution in [0.5, 0.6) is 0 Å². The molecule has 0 bridgehead atoms. The van der Waals surface area contributed by atoms with Crippen LogP contribution in [0, 0.1) is 11.8 Å². The Morgan fingerprint density at radius 3 is 2.89 bits per heavy atom. The van der Waals surface area contributed by atoms with Gasteiger partial charge in [0.1, 0.15) is 12.3 Å². The number of rotatable bonds is 2. The second-order valence-corrected chi connectivity index (χ2v) is 3.42. The van der Waals surface area contributed by atoms with Crippen molar-refractivity contribution in [1.29, 1.82) is 0 Å². The molecule has 0 saturated heterocycles. The van der Waals surface area contributed by atoms with Crippen molar-refractivity contribution >= 4 is 11.7 Å².